The molecular formula is C20H28O2. The van der Waals surface area contributed by atoms with Crippen LogP contribution < -0.4 is 4.74 Å². The average molecular weight is 300 g/mol. The van der Waals surface area contributed by atoms with E-state index < -0.39 is 5.60 Å². The van der Waals surface area contributed by atoms with Crippen molar-refractivity contribution in [3.05, 3.63) is 29.3 Å². The van der Waals surface area contributed by atoms with E-state index in [9.17, 15) is 5.11 Å². The summed E-state index contributed by atoms with van der Waals surface area (Å²) in [6.07, 6.45) is 7.02. The van der Waals surface area contributed by atoms with Crippen molar-refractivity contribution >= 4 is 0 Å². The van der Waals surface area contributed by atoms with Gasteiger partial charge in [-0.3, -0.25) is 0 Å². The lowest BCUT2D eigenvalue weighted by Gasteiger charge is -2.52. The van der Waals surface area contributed by atoms with Crippen molar-refractivity contribution in [1.82, 2.24) is 0 Å². The number of fused-ring (bicyclic) bond motifs is 5. The molecule has 1 aromatic rings. The molecule has 0 aliphatic heterocycles. The van der Waals surface area contributed by atoms with E-state index in [1.54, 1.807) is 12.7 Å². The van der Waals surface area contributed by atoms with Crippen molar-refractivity contribution in [1.29, 1.82) is 0 Å². The molecule has 5 atom stereocenters. The van der Waals surface area contributed by atoms with Crippen LogP contribution in [0.2, 0.25) is 0 Å². The Bertz CT molecular complexity index is 591. The number of methoxy groups -OCH3 is 1. The molecule has 0 unspecified atom stereocenters. The van der Waals surface area contributed by atoms with Crippen LogP contribution in [0.3, 0.4) is 0 Å². The molecule has 0 heterocycles. The Morgan fingerprint density at radius 1 is 1.14 bits per heavy atom. The van der Waals surface area contributed by atoms with Crippen molar-refractivity contribution in [2.45, 2.75) is 63.9 Å². The molecule has 1 aromatic carbocycles. The zero-order chi connectivity index (χ0) is 15.5. The number of aryl methyl sites for hydroxylation is 1. The Kier molecular flexibility index (Phi) is 3.14. The standard InChI is InChI=1S/C20H28O2/c1-19-10-8-16-15-7-5-14(22-3)12-13(15)4-6-17(16)18(19)9-11-20(19,2)21/h5,7,12,16-18,21H,4,6,8-11H2,1-3H3/t16-,17-,18+,19-,20+/m1/s1. The Balaban J connectivity index is 1.69. The minimum absolute atomic E-state index is 0.123. The van der Waals surface area contributed by atoms with Crippen LogP contribution in [-0.2, 0) is 6.42 Å². The van der Waals surface area contributed by atoms with Gasteiger partial charge in [-0.05, 0) is 91.9 Å². The molecular weight excluding hydrogens is 272 g/mol. The maximum Gasteiger partial charge on any atom is 0.119 e. The zero-order valence-electron chi connectivity index (χ0n) is 14.1. The van der Waals surface area contributed by atoms with Crippen LogP contribution in [0, 0.1) is 17.3 Å². The van der Waals surface area contributed by atoms with Crippen LogP contribution in [0.15, 0.2) is 18.2 Å². The highest BCUT2D eigenvalue weighted by molar-refractivity contribution is 5.40. The predicted octanol–water partition coefficient (Wildman–Crippen LogP) is 4.30. The quantitative estimate of drug-likeness (QED) is 0.838. The van der Waals surface area contributed by atoms with Crippen LogP contribution in [0.4, 0.5) is 0 Å². The van der Waals surface area contributed by atoms with Crippen molar-refractivity contribution < 1.29 is 9.84 Å². The molecule has 3 aliphatic rings. The third-order valence-electron chi connectivity index (χ3n) is 7.50. The summed E-state index contributed by atoms with van der Waals surface area (Å²) in [6, 6.07) is 6.67. The maximum absolute atomic E-state index is 10.9. The molecule has 0 radical (unpaired) electrons. The molecule has 120 valence electrons. The molecule has 0 saturated heterocycles. The second-order valence-electron chi connectivity index (χ2n) is 8.25. The fourth-order valence-electron chi connectivity index (χ4n) is 5.93. The fourth-order valence-corrected chi connectivity index (χ4v) is 5.93. The number of benzene rings is 1. The van der Waals surface area contributed by atoms with E-state index in [1.165, 1.54) is 31.2 Å². The van der Waals surface area contributed by atoms with Gasteiger partial charge in [-0.2, -0.15) is 0 Å². The Hall–Kier alpha value is -1.02. The summed E-state index contributed by atoms with van der Waals surface area (Å²) in [7, 11) is 1.75. The van der Waals surface area contributed by atoms with Gasteiger partial charge in [0.15, 0.2) is 0 Å². The van der Waals surface area contributed by atoms with Crippen LogP contribution in [0.25, 0.3) is 0 Å². The third kappa shape index (κ3) is 1.83. The minimum Gasteiger partial charge on any atom is -0.497 e. The zero-order valence-corrected chi connectivity index (χ0v) is 14.1. The highest BCUT2D eigenvalue weighted by Gasteiger charge is 2.59. The number of aliphatic hydroxyl groups is 1. The summed E-state index contributed by atoms with van der Waals surface area (Å²) in [5.74, 6) is 3.13. The summed E-state index contributed by atoms with van der Waals surface area (Å²) < 4.78 is 5.40. The van der Waals surface area contributed by atoms with Gasteiger partial charge in [0, 0.05) is 0 Å². The molecule has 0 aromatic heterocycles. The molecule has 22 heavy (non-hydrogen) atoms. The largest absolute Gasteiger partial charge is 0.497 e. The molecule has 0 bridgehead atoms. The predicted molar refractivity (Wildman–Crippen MR) is 88.2 cm³/mol. The lowest BCUT2D eigenvalue weighted by Crippen LogP contribution is -2.49. The van der Waals surface area contributed by atoms with Crippen LogP contribution in [0.5, 0.6) is 5.75 Å². The Morgan fingerprint density at radius 2 is 1.95 bits per heavy atom. The van der Waals surface area contributed by atoms with Crippen molar-refractivity contribution in [2.75, 3.05) is 7.11 Å². The highest BCUT2D eigenvalue weighted by Crippen LogP contribution is 2.64. The molecule has 3 aliphatic carbocycles. The fraction of sp³-hybridized carbons (Fsp3) is 0.700. The summed E-state index contributed by atoms with van der Waals surface area (Å²) in [5, 5.41) is 10.9. The molecule has 2 fully saturated rings. The third-order valence-corrected chi connectivity index (χ3v) is 7.50. The number of ether oxygens (including phenoxy) is 1. The summed E-state index contributed by atoms with van der Waals surface area (Å²) in [4.78, 5) is 0. The maximum atomic E-state index is 10.9. The summed E-state index contributed by atoms with van der Waals surface area (Å²) in [6.45, 7) is 4.43. The number of hydrogen-bond donors (Lipinski definition) is 1. The van der Waals surface area contributed by atoms with Crippen LogP contribution >= 0.6 is 0 Å². The summed E-state index contributed by atoms with van der Waals surface area (Å²) >= 11 is 0. The van der Waals surface area contributed by atoms with Crippen molar-refractivity contribution in [3.63, 3.8) is 0 Å². The molecule has 0 spiro atoms. The first kappa shape index (κ1) is 14.6. The van der Waals surface area contributed by atoms with Gasteiger partial charge >= 0.3 is 0 Å². The van der Waals surface area contributed by atoms with E-state index in [-0.39, 0.29) is 5.41 Å². The van der Waals surface area contributed by atoms with Gasteiger partial charge in [-0.1, -0.05) is 13.0 Å². The van der Waals surface area contributed by atoms with Gasteiger partial charge in [0.2, 0.25) is 0 Å². The Morgan fingerprint density at radius 3 is 2.73 bits per heavy atom. The van der Waals surface area contributed by atoms with Gasteiger partial charge < -0.3 is 9.84 Å². The van der Waals surface area contributed by atoms with E-state index in [0.717, 1.165) is 24.5 Å². The minimum atomic E-state index is -0.469. The molecule has 4 rings (SSSR count). The molecule has 1 N–H and O–H groups in total. The second-order valence-corrected chi connectivity index (χ2v) is 8.25. The lowest BCUT2D eigenvalue weighted by atomic mass is 9.53. The van der Waals surface area contributed by atoms with Gasteiger partial charge in [0.05, 0.1) is 12.7 Å². The second kappa shape index (κ2) is 4.74. The van der Waals surface area contributed by atoms with Crippen molar-refractivity contribution in [2.24, 2.45) is 17.3 Å². The first-order chi connectivity index (χ1) is 10.5. The van der Waals surface area contributed by atoms with Crippen molar-refractivity contribution in [3.8, 4) is 5.75 Å². The van der Waals surface area contributed by atoms with Crippen LogP contribution in [0.1, 0.15) is 63.0 Å². The first-order valence-corrected chi connectivity index (χ1v) is 8.85. The monoisotopic (exact) mass is 300 g/mol. The van der Waals surface area contributed by atoms with Crippen LogP contribution in [-0.4, -0.2) is 17.8 Å². The van der Waals surface area contributed by atoms with Gasteiger partial charge in [-0.15, -0.1) is 0 Å². The number of rotatable bonds is 1. The average Bonchev–Trinajstić information content (AvgIpc) is 2.76. The van der Waals surface area contributed by atoms with E-state index in [2.05, 4.69) is 32.0 Å². The SMILES string of the molecule is COc1ccc2c(c1)CC[C@@H]1[C@@H]2CC[C@]2(C)[C@H]1CC[C@]2(C)O. The van der Waals surface area contributed by atoms with Gasteiger partial charge in [0.25, 0.3) is 0 Å². The van der Waals surface area contributed by atoms with E-state index in [0.29, 0.717) is 11.8 Å². The molecule has 2 saturated carbocycles. The topological polar surface area (TPSA) is 29.5 Å². The van der Waals surface area contributed by atoms with Gasteiger partial charge in [0.1, 0.15) is 5.75 Å². The highest BCUT2D eigenvalue weighted by atomic mass is 16.5. The smallest absolute Gasteiger partial charge is 0.119 e. The molecule has 0 amide bonds. The lowest BCUT2D eigenvalue weighted by molar-refractivity contribution is -0.0901. The Labute approximate surface area is 133 Å². The van der Waals surface area contributed by atoms with Gasteiger partial charge in [-0.25, -0.2) is 0 Å². The van der Waals surface area contributed by atoms with E-state index in [1.807, 2.05) is 0 Å². The van der Waals surface area contributed by atoms with E-state index >= 15 is 0 Å². The number of hydrogen-bond acceptors (Lipinski definition) is 2. The van der Waals surface area contributed by atoms with E-state index in [4.69, 9.17) is 4.74 Å². The normalized spacial score (nSPS) is 43.2. The first-order valence-electron chi connectivity index (χ1n) is 8.85. The summed E-state index contributed by atoms with van der Waals surface area (Å²) in [5.41, 5.74) is 2.71. The molecule has 2 nitrogen and oxygen atoms in total. The molecule has 2 heteroatoms.